The first-order chi connectivity index (χ1) is 12.2. The fourth-order valence-corrected chi connectivity index (χ4v) is 3.12. The van der Waals surface area contributed by atoms with Crippen LogP contribution >= 0.6 is 11.3 Å². The quantitative estimate of drug-likeness (QED) is 0.418. The van der Waals surface area contributed by atoms with Gasteiger partial charge >= 0.3 is 0 Å². The number of amides is 1. The molecule has 0 unspecified atom stereocenters. The lowest BCUT2D eigenvalue weighted by atomic mass is 10.1. The van der Waals surface area contributed by atoms with Crippen LogP contribution in [0.2, 0.25) is 0 Å². The van der Waals surface area contributed by atoms with Crippen LogP contribution < -0.4 is 11.1 Å². The van der Waals surface area contributed by atoms with Crippen molar-refractivity contribution < 1.29 is 14.3 Å². The summed E-state index contributed by atoms with van der Waals surface area (Å²) in [6, 6.07) is 7.55. The summed E-state index contributed by atoms with van der Waals surface area (Å²) in [6.45, 7) is 1.64. The molecule has 8 heteroatoms. The maximum Gasteiger partial charge on any atom is 0.270 e. The number of fused-ring (bicyclic) bond motifs is 1. The molecule has 2 heterocycles. The van der Waals surface area contributed by atoms with Crippen LogP contribution in [0.1, 0.15) is 25.9 Å². The molecule has 0 saturated carbocycles. The van der Waals surface area contributed by atoms with Gasteiger partial charge in [0.15, 0.2) is 5.01 Å². The molecule has 0 aliphatic rings. The van der Waals surface area contributed by atoms with E-state index in [4.69, 9.17) is 10.5 Å². The average Bonchev–Trinajstić information content (AvgIpc) is 3.28. The molecule has 0 fully saturated rings. The van der Waals surface area contributed by atoms with Crippen molar-refractivity contribution in [1.29, 1.82) is 0 Å². The second kappa shape index (κ2) is 8.02. The number of H-pyrrole nitrogens is 1. The first-order valence-electron chi connectivity index (χ1n) is 7.83. The molecule has 0 radical (unpaired) electrons. The maximum absolute atomic E-state index is 12.7. The molecule has 3 rings (SSSR count). The summed E-state index contributed by atoms with van der Waals surface area (Å²) in [5, 5.41) is 5.40. The first kappa shape index (κ1) is 17.3. The third-order valence-electron chi connectivity index (χ3n) is 3.56. The minimum Gasteiger partial charge on any atom is -0.378 e. The second-order valence-corrected chi connectivity index (χ2v) is 6.13. The SMILES string of the molecule is NCCOCCNC(=O)c1csc(C(=O)c2c[nH]c3ccccc23)n1. The van der Waals surface area contributed by atoms with E-state index in [0.29, 0.717) is 31.9 Å². The van der Waals surface area contributed by atoms with Gasteiger partial charge in [-0.05, 0) is 6.07 Å². The van der Waals surface area contributed by atoms with Crippen molar-refractivity contribution in [3.63, 3.8) is 0 Å². The largest absolute Gasteiger partial charge is 0.378 e. The molecule has 25 heavy (non-hydrogen) atoms. The van der Waals surface area contributed by atoms with Crippen LogP contribution in [-0.4, -0.2) is 48.0 Å². The lowest BCUT2D eigenvalue weighted by molar-refractivity contribution is 0.0915. The van der Waals surface area contributed by atoms with E-state index in [-0.39, 0.29) is 22.4 Å². The van der Waals surface area contributed by atoms with Gasteiger partial charge in [0.2, 0.25) is 5.78 Å². The number of nitrogens with zero attached hydrogens (tertiary/aromatic N) is 1. The van der Waals surface area contributed by atoms with Crippen molar-refractivity contribution in [2.24, 2.45) is 5.73 Å². The van der Waals surface area contributed by atoms with Gasteiger partial charge in [0.1, 0.15) is 5.69 Å². The summed E-state index contributed by atoms with van der Waals surface area (Å²) >= 11 is 1.16. The Kier molecular flexibility index (Phi) is 5.54. The van der Waals surface area contributed by atoms with Crippen molar-refractivity contribution in [3.05, 3.63) is 52.1 Å². The maximum atomic E-state index is 12.7. The van der Waals surface area contributed by atoms with Gasteiger partial charge in [-0.3, -0.25) is 9.59 Å². The van der Waals surface area contributed by atoms with Gasteiger partial charge in [0.25, 0.3) is 5.91 Å². The number of thiazole rings is 1. The standard InChI is InChI=1S/C17H18N4O3S/c18-5-7-24-8-6-19-16(23)14-10-25-17(21-14)15(22)12-9-20-13-4-2-1-3-11(12)13/h1-4,9-10,20H,5-8,18H2,(H,19,23). The van der Waals surface area contributed by atoms with Crippen LogP contribution in [0, 0.1) is 0 Å². The fourth-order valence-electron chi connectivity index (χ4n) is 2.37. The number of carbonyl (C=O) groups is 2. The van der Waals surface area contributed by atoms with Crippen molar-refractivity contribution in [2.45, 2.75) is 0 Å². The Balaban J connectivity index is 1.66. The van der Waals surface area contributed by atoms with Crippen molar-refractivity contribution >= 4 is 33.9 Å². The van der Waals surface area contributed by atoms with Gasteiger partial charge in [0.05, 0.1) is 18.8 Å². The van der Waals surface area contributed by atoms with Crippen molar-refractivity contribution in [2.75, 3.05) is 26.3 Å². The monoisotopic (exact) mass is 358 g/mol. The molecular formula is C17H18N4O3S. The summed E-state index contributed by atoms with van der Waals surface area (Å²) in [5.41, 5.74) is 6.98. The zero-order valence-electron chi connectivity index (χ0n) is 13.5. The van der Waals surface area contributed by atoms with Crippen LogP contribution in [0.25, 0.3) is 10.9 Å². The Hall–Kier alpha value is -2.55. The Labute approximate surface area is 148 Å². The summed E-state index contributed by atoms with van der Waals surface area (Å²) in [6.07, 6.45) is 1.67. The zero-order chi connectivity index (χ0) is 17.6. The van der Waals surface area contributed by atoms with E-state index >= 15 is 0 Å². The summed E-state index contributed by atoms with van der Waals surface area (Å²) in [4.78, 5) is 31.9. The van der Waals surface area contributed by atoms with Crippen LogP contribution in [-0.2, 0) is 4.74 Å². The normalized spacial score (nSPS) is 10.9. The molecule has 1 aromatic carbocycles. The Morgan fingerprint density at radius 2 is 2.12 bits per heavy atom. The number of carbonyl (C=O) groups excluding carboxylic acids is 2. The van der Waals surface area contributed by atoms with Gasteiger partial charge in [-0.25, -0.2) is 4.98 Å². The molecular weight excluding hydrogens is 340 g/mol. The molecule has 130 valence electrons. The van der Waals surface area contributed by atoms with Gasteiger partial charge in [0, 0.05) is 35.6 Å². The number of benzene rings is 1. The third kappa shape index (κ3) is 3.93. The summed E-state index contributed by atoms with van der Waals surface area (Å²) < 4.78 is 5.19. The number of para-hydroxylation sites is 1. The third-order valence-corrected chi connectivity index (χ3v) is 4.40. The minimum atomic E-state index is -0.328. The number of hydrogen-bond donors (Lipinski definition) is 3. The molecule has 2 aromatic heterocycles. The number of aromatic nitrogens is 2. The van der Waals surface area contributed by atoms with Crippen LogP contribution in [0.15, 0.2) is 35.8 Å². The van der Waals surface area contributed by atoms with Crippen LogP contribution in [0.3, 0.4) is 0 Å². The predicted octanol–water partition coefficient (Wildman–Crippen LogP) is 1.56. The van der Waals surface area contributed by atoms with E-state index in [1.165, 1.54) is 0 Å². The molecule has 0 atom stereocenters. The van der Waals surface area contributed by atoms with Gasteiger partial charge < -0.3 is 20.8 Å². The highest BCUT2D eigenvalue weighted by molar-refractivity contribution is 7.12. The lowest BCUT2D eigenvalue weighted by Crippen LogP contribution is -2.28. The molecule has 7 nitrogen and oxygen atoms in total. The Morgan fingerprint density at radius 1 is 1.28 bits per heavy atom. The van der Waals surface area contributed by atoms with Gasteiger partial charge in [-0.2, -0.15) is 0 Å². The Bertz CT molecular complexity index is 887. The zero-order valence-corrected chi connectivity index (χ0v) is 14.3. The number of rotatable bonds is 8. The lowest BCUT2D eigenvalue weighted by Gasteiger charge is -2.03. The number of nitrogens with two attached hydrogens (primary N) is 1. The fraction of sp³-hybridized carbons (Fsp3) is 0.235. The van der Waals surface area contributed by atoms with E-state index < -0.39 is 0 Å². The molecule has 0 aliphatic heterocycles. The topological polar surface area (TPSA) is 110 Å². The number of hydrogen-bond acceptors (Lipinski definition) is 6. The highest BCUT2D eigenvalue weighted by Crippen LogP contribution is 2.22. The van der Waals surface area contributed by atoms with E-state index in [9.17, 15) is 9.59 Å². The highest BCUT2D eigenvalue weighted by Gasteiger charge is 2.19. The average molecular weight is 358 g/mol. The molecule has 0 saturated heterocycles. The molecule has 0 spiro atoms. The summed E-state index contributed by atoms with van der Waals surface area (Å²) in [7, 11) is 0. The van der Waals surface area contributed by atoms with Gasteiger partial charge in [-0.15, -0.1) is 11.3 Å². The first-order valence-corrected chi connectivity index (χ1v) is 8.71. The summed E-state index contributed by atoms with van der Waals surface area (Å²) in [5.74, 6) is -0.529. The number of aromatic amines is 1. The predicted molar refractivity (Wildman–Crippen MR) is 96.1 cm³/mol. The van der Waals surface area contributed by atoms with E-state index in [1.54, 1.807) is 11.6 Å². The van der Waals surface area contributed by atoms with E-state index in [1.807, 2.05) is 24.3 Å². The minimum absolute atomic E-state index is 0.201. The second-order valence-electron chi connectivity index (χ2n) is 5.27. The van der Waals surface area contributed by atoms with E-state index in [2.05, 4.69) is 15.3 Å². The van der Waals surface area contributed by atoms with Crippen molar-refractivity contribution in [1.82, 2.24) is 15.3 Å². The van der Waals surface area contributed by atoms with E-state index in [0.717, 1.165) is 22.2 Å². The molecule has 0 bridgehead atoms. The van der Waals surface area contributed by atoms with Crippen molar-refractivity contribution in [3.8, 4) is 0 Å². The van der Waals surface area contributed by atoms with Gasteiger partial charge in [-0.1, -0.05) is 18.2 Å². The smallest absolute Gasteiger partial charge is 0.270 e. The molecule has 1 amide bonds. The molecule has 3 aromatic rings. The molecule has 0 aliphatic carbocycles. The van der Waals surface area contributed by atoms with Crippen LogP contribution in [0.4, 0.5) is 0 Å². The van der Waals surface area contributed by atoms with Crippen LogP contribution in [0.5, 0.6) is 0 Å². The molecule has 4 N–H and O–H groups in total. The number of ketones is 1. The Morgan fingerprint density at radius 3 is 2.96 bits per heavy atom. The number of nitrogens with one attached hydrogen (secondary N) is 2. The number of ether oxygens (including phenoxy) is 1. The highest BCUT2D eigenvalue weighted by atomic mass is 32.1.